The van der Waals surface area contributed by atoms with E-state index in [2.05, 4.69) is 9.97 Å². The van der Waals surface area contributed by atoms with Crippen LogP contribution in [0.5, 0.6) is 0 Å². The molecule has 1 saturated heterocycles. The van der Waals surface area contributed by atoms with Gasteiger partial charge in [0.1, 0.15) is 12.4 Å². The highest BCUT2D eigenvalue weighted by molar-refractivity contribution is 5.84. The van der Waals surface area contributed by atoms with Crippen LogP contribution >= 0.6 is 0 Å². The number of halogens is 1. The molecule has 2 aromatic heterocycles. The van der Waals surface area contributed by atoms with E-state index in [1.165, 1.54) is 10.7 Å². The van der Waals surface area contributed by atoms with Crippen molar-refractivity contribution >= 4 is 22.8 Å². The number of fused-ring (bicyclic) bond motifs is 1. The summed E-state index contributed by atoms with van der Waals surface area (Å²) < 4.78 is 17.9. The average molecular weight is 505 g/mol. The molecule has 0 aliphatic carbocycles. The predicted octanol–water partition coefficient (Wildman–Crippen LogP) is 2.57. The van der Waals surface area contributed by atoms with Crippen molar-refractivity contribution in [2.45, 2.75) is 25.9 Å². The average Bonchev–Trinajstić information content (AvgIpc) is 3.17. The van der Waals surface area contributed by atoms with Gasteiger partial charge in [0, 0.05) is 56.2 Å². The Morgan fingerprint density at radius 3 is 2.54 bits per heavy atom. The normalized spacial score (nSPS) is 16.8. The Morgan fingerprint density at radius 2 is 1.86 bits per heavy atom. The van der Waals surface area contributed by atoms with Crippen LogP contribution in [0.3, 0.4) is 0 Å². The topological polar surface area (TPSA) is 96.5 Å². The van der Waals surface area contributed by atoms with Crippen molar-refractivity contribution in [1.82, 2.24) is 24.2 Å². The van der Waals surface area contributed by atoms with Gasteiger partial charge in [-0.3, -0.25) is 19.0 Å². The van der Waals surface area contributed by atoms with E-state index in [1.54, 1.807) is 48.6 Å². The number of aliphatic hydroxyl groups excluding tert-OH is 1. The Labute approximate surface area is 213 Å². The zero-order chi connectivity index (χ0) is 26.3. The standard InChI is InChI=1S/C27H29FN6O3/c1-17-15-32(10-11-33(17)25(36)16-35)27-29-13-20(14-30-27)19-8-9-22-24(12-19)34(31(3)26(22)37)18(2)21-6-4-5-7-23(21)28/h4-9,12-14,17-18,35H,10-11,15-16H2,1-3H3. The molecule has 2 aromatic carbocycles. The molecular formula is C27H29FN6O3. The Kier molecular flexibility index (Phi) is 6.51. The number of piperazine rings is 1. The van der Waals surface area contributed by atoms with Crippen LogP contribution in [0.25, 0.3) is 22.0 Å². The van der Waals surface area contributed by atoms with Crippen LogP contribution in [-0.2, 0) is 11.8 Å². The maximum Gasteiger partial charge on any atom is 0.274 e. The number of aromatic nitrogens is 4. The lowest BCUT2D eigenvalue weighted by Crippen LogP contribution is -2.55. The second-order valence-electron chi connectivity index (χ2n) is 9.41. The molecule has 10 heteroatoms. The first-order valence-corrected chi connectivity index (χ1v) is 12.2. The van der Waals surface area contributed by atoms with Gasteiger partial charge in [0.05, 0.1) is 16.9 Å². The first-order chi connectivity index (χ1) is 17.8. The summed E-state index contributed by atoms with van der Waals surface area (Å²) in [6.45, 7) is 4.96. The number of anilines is 1. The fourth-order valence-corrected chi connectivity index (χ4v) is 5.16. The molecule has 5 rings (SSSR count). The number of nitrogens with zero attached hydrogens (tertiary/aromatic N) is 6. The summed E-state index contributed by atoms with van der Waals surface area (Å²) >= 11 is 0. The summed E-state index contributed by atoms with van der Waals surface area (Å²) in [6.07, 6.45) is 3.48. The molecular weight excluding hydrogens is 475 g/mol. The van der Waals surface area contributed by atoms with Crippen LogP contribution in [0, 0.1) is 5.82 Å². The fourth-order valence-electron chi connectivity index (χ4n) is 5.16. The third-order valence-corrected chi connectivity index (χ3v) is 7.15. The minimum atomic E-state index is -0.492. The highest BCUT2D eigenvalue weighted by Gasteiger charge is 2.28. The molecule has 2 atom stereocenters. The summed E-state index contributed by atoms with van der Waals surface area (Å²) in [5.41, 5.74) is 2.68. The summed E-state index contributed by atoms with van der Waals surface area (Å²) in [5, 5.41) is 9.71. The fraction of sp³-hybridized carbons (Fsp3) is 0.333. The lowest BCUT2D eigenvalue weighted by molar-refractivity contribution is -0.136. The molecule has 1 aliphatic heterocycles. The van der Waals surface area contributed by atoms with E-state index in [0.717, 1.165) is 11.1 Å². The van der Waals surface area contributed by atoms with Gasteiger partial charge >= 0.3 is 0 Å². The summed E-state index contributed by atoms with van der Waals surface area (Å²) in [6, 6.07) is 11.7. The lowest BCUT2D eigenvalue weighted by Gasteiger charge is -2.39. The molecule has 1 aliphatic rings. The molecule has 1 amide bonds. The van der Waals surface area contributed by atoms with E-state index in [4.69, 9.17) is 5.11 Å². The van der Waals surface area contributed by atoms with Crippen molar-refractivity contribution in [3.8, 4) is 11.1 Å². The van der Waals surface area contributed by atoms with E-state index in [-0.39, 0.29) is 23.3 Å². The largest absolute Gasteiger partial charge is 0.387 e. The molecule has 4 aromatic rings. The lowest BCUT2D eigenvalue weighted by atomic mass is 10.1. The van der Waals surface area contributed by atoms with Gasteiger partial charge in [0.25, 0.3) is 5.56 Å². The molecule has 9 nitrogen and oxygen atoms in total. The Hall–Kier alpha value is -4.05. The van der Waals surface area contributed by atoms with Gasteiger partial charge in [0.15, 0.2) is 0 Å². The van der Waals surface area contributed by atoms with Crippen LogP contribution in [0.1, 0.15) is 25.5 Å². The van der Waals surface area contributed by atoms with Crippen LogP contribution in [-0.4, -0.2) is 67.5 Å². The van der Waals surface area contributed by atoms with E-state index >= 15 is 0 Å². The van der Waals surface area contributed by atoms with Gasteiger partial charge < -0.3 is 14.9 Å². The van der Waals surface area contributed by atoms with Crippen molar-refractivity contribution in [3.05, 3.63) is 76.6 Å². The third kappa shape index (κ3) is 4.37. The van der Waals surface area contributed by atoms with Gasteiger partial charge in [-0.05, 0) is 37.6 Å². The van der Waals surface area contributed by atoms with Crippen molar-refractivity contribution in [2.24, 2.45) is 7.05 Å². The van der Waals surface area contributed by atoms with Gasteiger partial charge in [0.2, 0.25) is 11.9 Å². The van der Waals surface area contributed by atoms with Crippen molar-refractivity contribution < 1.29 is 14.3 Å². The van der Waals surface area contributed by atoms with Crippen LogP contribution in [0.2, 0.25) is 0 Å². The Bertz CT molecular complexity index is 1510. The number of aliphatic hydroxyl groups is 1. The molecule has 2 unspecified atom stereocenters. The highest BCUT2D eigenvalue weighted by atomic mass is 19.1. The van der Waals surface area contributed by atoms with E-state index < -0.39 is 12.6 Å². The van der Waals surface area contributed by atoms with Crippen LogP contribution in [0.15, 0.2) is 59.7 Å². The monoisotopic (exact) mass is 504 g/mol. The molecule has 37 heavy (non-hydrogen) atoms. The zero-order valence-corrected chi connectivity index (χ0v) is 21.0. The minimum absolute atomic E-state index is 0.0645. The molecule has 0 radical (unpaired) electrons. The predicted molar refractivity (Wildman–Crippen MR) is 139 cm³/mol. The molecule has 0 saturated carbocycles. The quantitative estimate of drug-likeness (QED) is 0.449. The van der Waals surface area contributed by atoms with E-state index in [0.29, 0.717) is 42.0 Å². The summed E-state index contributed by atoms with van der Waals surface area (Å²) in [7, 11) is 1.69. The van der Waals surface area contributed by atoms with Crippen molar-refractivity contribution in [2.75, 3.05) is 31.1 Å². The zero-order valence-electron chi connectivity index (χ0n) is 21.0. The highest BCUT2D eigenvalue weighted by Crippen LogP contribution is 2.28. The maximum absolute atomic E-state index is 14.6. The van der Waals surface area contributed by atoms with Crippen LogP contribution < -0.4 is 10.5 Å². The van der Waals surface area contributed by atoms with E-state index in [9.17, 15) is 14.0 Å². The SMILES string of the molecule is CC1CN(c2ncc(-c3ccc4c(=O)n(C)n(C(C)c5ccccc5F)c4c3)cn2)CCN1C(=O)CO. The second-order valence-corrected chi connectivity index (χ2v) is 9.41. The molecule has 0 bridgehead atoms. The van der Waals surface area contributed by atoms with Gasteiger partial charge in [-0.15, -0.1) is 0 Å². The molecule has 1 N–H and O–H groups in total. The van der Waals surface area contributed by atoms with Crippen LogP contribution in [0.4, 0.5) is 10.3 Å². The van der Waals surface area contributed by atoms with Gasteiger partial charge in [-0.25, -0.2) is 14.4 Å². The summed E-state index contributed by atoms with van der Waals surface area (Å²) in [5.74, 6) is -0.0274. The molecule has 192 valence electrons. The first-order valence-electron chi connectivity index (χ1n) is 12.2. The molecule has 0 spiro atoms. The number of carbonyl (C=O) groups is 1. The molecule has 1 fully saturated rings. The van der Waals surface area contributed by atoms with Crippen molar-refractivity contribution in [1.29, 1.82) is 0 Å². The van der Waals surface area contributed by atoms with Gasteiger partial charge in [-0.2, -0.15) is 0 Å². The summed E-state index contributed by atoms with van der Waals surface area (Å²) in [4.78, 5) is 37.6. The number of hydrogen-bond acceptors (Lipinski definition) is 6. The maximum atomic E-state index is 14.6. The molecule has 3 heterocycles. The first kappa shape index (κ1) is 24.6. The number of rotatable bonds is 5. The smallest absolute Gasteiger partial charge is 0.274 e. The van der Waals surface area contributed by atoms with Gasteiger partial charge in [-0.1, -0.05) is 24.3 Å². The number of hydrogen-bond donors (Lipinski definition) is 1. The van der Waals surface area contributed by atoms with Crippen molar-refractivity contribution in [3.63, 3.8) is 0 Å². The Balaban J connectivity index is 1.45. The number of benzene rings is 2. The van der Waals surface area contributed by atoms with E-state index in [1.807, 2.05) is 35.6 Å². The second kappa shape index (κ2) is 9.78. The minimum Gasteiger partial charge on any atom is -0.387 e. The number of amides is 1. The third-order valence-electron chi connectivity index (χ3n) is 7.15. The number of carbonyl (C=O) groups excluding carboxylic acids is 1. The Morgan fingerprint density at radius 1 is 1.14 bits per heavy atom.